The summed E-state index contributed by atoms with van der Waals surface area (Å²) in [4.78, 5) is 25.8. The summed E-state index contributed by atoms with van der Waals surface area (Å²) in [6.07, 6.45) is 6.28. The summed E-state index contributed by atoms with van der Waals surface area (Å²) in [6.45, 7) is 4.66. The topological polar surface area (TPSA) is 52.6 Å². The van der Waals surface area contributed by atoms with Gasteiger partial charge in [0.05, 0.1) is 11.1 Å². The minimum Gasteiger partial charge on any atom is -0.457 e. The van der Waals surface area contributed by atoms with Crippen LogP contribution >= 0.6 is 0 Å². The van der Waals surface area contributed by atoms with Crippen LogP contribution in [0.5, 0.6) is 0 Å². The quantitative estimate of drug-likeness (QED) is 0.272. The molecule has 0 atom stereocenters. The first-order valence-electron chi connectivity index (χ1n) is 12.2. The monoisotopic (exact) mass is 458 g/mol. The van der Waals surface area contributed by atoms with Crippen LogP contribution in [0.4, 0.5) is 0 Å². The fraction of sp³-hybridized carbons (Fsp3) is 0.333. The molecule has 0 unspecified atom stereocenters. The molecule has 0 saturated heterocycles. The predicted octanol–water partition coefficient (Wildman–Crippen LogP) is 7.09. The van der Waals surface area contributed by atoms with E-state index < -0.39 is 11.9 Å². The Kier molecular flexibility index (Phi) is 9.90. The summed E-state index contributed by atoms with van der Waals surface area (Å²) < 4.78 is 11.2. The lowest BCUT2D eigenvalue weighted by molar-refractivity contribution is 0.0424. The van der Waals surface area contributed by atoms with Gasteiger partial charge >= 0.3 is 11.9 Å². The molecule has 0 bridgehead atoms. The van der Waals surface area contributed by atoms with Crippen molar-refractivity contribution in [3.05, 3.63) is 106 Å². The molecule has 4 nitrogen and oxygen atoms in total. The van der Waals surface area contributed by atoms with E-state index in [4.69, 9.17) is 9.47 Å². The van der Waals surface area contributed by atoms with Crippen molar-refractivity contribution in [3.8, 4) is 0 Å². The molecule has 0 saturated carbocycles. The van der Waals surface area contributed by atoms with Crippen LogP contribution in [0.3, 0.4) is 0 Å². The van der Waals surface area contributed by atoms with Gasteiger partial charge in [-0.2, -0.15) is 0 Å². The highest BCUT2D eigenvalue weighted by Crippen LogP contribution is 2.18. The summed E-state index contributed by atoms with van der Waals surface area (Å²) in [5.74, 6) is -1.05. The molecular weight excluding hydrogens is 424 g/mol. The third-order valence-corrected chi connectivity index (χ3v) is 5.92. The third-order valence-electron chi connectivity index (χ3n) is 5.92. The van der Waals surface area contributed by atoms with Crippen molar-refractivity contribution in [3.63, 3.8) is 0 Å². The van der Waals surface area contributed by atoms with Crippen LogP contribution < -0.4 is 0 Å². The van der Waals surface area contributed by atoms with E-state index in [0.717, 1.165) is 49.7 Å². The molecule has 3 rings (SSSR count). The average Bonchev–Trinajstić information content (AvgIpc) is 2.88. The third kappa shape index (κ3) is 7.05. The van der Waals surface area contributed by atoms with Gasteiger partial charge in [-0.25, -0.2) is 9.59 Å². The molecule has 34 heavy (non-hydrogen) atoms. The van der Waals surface area contributed by atoms with Crippen molar-refractivity contribution in [1.29, 1.82) is 0 Å². The zero-order valence-electron chi connectivity index (χ0n) is 20.2. The highest BCUT2D eigenvalue weighted by atomic mass is 16.5. The second kappa shape index (κ2) is 13.3. The van der Waals surface area contributed by atoms with E-state index in [1.54, 1.807) is 24.3 Å². The van der Waals surface area contributed by atoms with Crippen LogP contribution in [0.15, 0.2) is 72.8 Å². The molecule has 3 aromatic carbocycles. The number of carbonyl (C=O) groups excluding carboxylic acids is 2. The number of esters is 2. The molecular formula is C30H34O4. The molecule has 0 heterocycles. The van der Waals surface area contributed by atoms with Gasteiger partial charge in [0.25, 0.3) is 0 Å². The Morgan fingerprint density at radius 2 is 0.912 bits per heavy atom. The average molecular weight is 459 g/mol. The van der Waals surface area contributed by atoms with Gasteiger partial charge in [-0.05, 0) is 60.1 Å². The number of unbranched alkanes of at least 4 members (excludes halogenated alkanes) is 2. The second-order valence-electron chi connectivity index (χ2n) is 8.44. The fourth-order valence-electron chi connectivity index (χ4n) is 3.90. The number of rotatable bonds is 12. The van der Waals surface area contributed by atoms with Crippen molar-refractivity contribution in [2.75, 3.05) is 0 Å². The standard InChI is InChI=1S/C30H34O4/c1-3-5-13-23-15-7-9-17-25(23)21-33-29(31)27-19-11-12-20-28(27)30(32)34-22-26-18-10-8-16-24(26)14-6-4-2/h7-12,15-20H,3-6,13-14,21-22H2,1-2H3. The maximum Gasteiger partial charge on any atom is 0.339 e. The number of carbonyl (C=O) groups is 2. The SMILES string of the molecule is CCCCc1ccccc1COC(=O)c1ccccc1C(=O)OCc1ccccc1CCCC. The normalized spacial score (nSPS) is 10.6. The Bertz CT molecular complexity index is 1000. The van der Waals surface area contributed by atoms with Gasteiger partial charge in [0, 0.05) is 0 Å². The van der Waals surface area contributed by atoms with Crippen molar-refractivity contribution in [2.45, 2.75) is 65.6 Å². The molecule has 0 fully saturated rings. The lowest BCUT2D eigenvalue weighted by atomic mass is 10.0. The summed E-state index contributed by atoms with van der Waals surface area (Å²) >= 11 is 0. The molecule has 0 radical (unpaired) electrons. The number of aryl methyl sites for hydroxylation is 2. The Labute approximate surface area is 202 Å². The molecule has 0 aliphatic heterocycles. The Morgan fingerprint density at radius 1 is 0.559 bits per heavy atom. The van der Waals surface area contributed by atoms with Crippen LogP contribution in [0.2, 0.25) is 0 Å². The van der Waals surface area contributed by atoms with E-state index in [1.165, 1.54) is 11.1 Å². The molecule has 0 aliphatic rings. The first-order valence-corrected chi connectivity index (χ1v) is 12.2. The summed E-state index contributed by atoms with van der Waals surface area (Å²) in [5, 5.41) is 0. The maximum absolute atomic E-state index is 12.9. The molecule has 3 aromatic rings. The highest BCUT2D eigenvalue weighted by molar-refractivity contribution is 6.03. The number of ether oxygens (including phenoxy) is 2. The van der Waals surface area contributed by atoms with E-state index in [-0.39, 0.29) is 24.3 Å². The lowest BCUT2D eigenvalue weighted by Gasteiger charge is -2.13. The zero-order valence-corrected chi connectivity index (χ0v) is 20.2. The van der Waals surface area contributed by atoms with E-state index in [0.29, 0.717) is 0 Å². The van der Waals surface area contributed by atoms with Gasteiger partial charge in [0.2, 0.25) is 0 Å². The Hall–Kier alpha value is -3.40. The minimum absolute atomic E-state index is 0.174. The van der Waals surface area contributed by atoms with Crippen LogP contribution in [0.25, 0.3) is 0 Å². The van der Waals surface area contributed by atoms with Crippen LogP contribution in [0, 0.1) is 0 Å². The zero-order chi connectivity index (χ0) is 24.2. The van der Waals surface area contributed by atoms with Crippen LogP contribution in [0.1, 0.15) is 82.5 Å². The molecule has 4 heteroatoms. The Morgan fingerprint density at radius 3 is 1.29 bits per heavy atom. The van der Waals surface area contributed by atoms with Crippen molar-refractivity contribution in [2.24, 2.45) is 0 Å². The van der Waals surface area contributed by atoms with E-state index in [9.17, 15) is 9.59 Å². The van der Waals surface area contributed by atoms with Gasteiger partial charge in [-0.15, -0.1) is 0 Å². The summed E-state index contributed by atoms with van der Waals surface area (Å²) in [5.41, 5.74) is 4.80. The van der Waals surface area contributed by atoms with Crippen LogP contribution in [-0.2, 0) is 35.5 Å². The van der Waals surface area contributed by atoms with Crippen molar-refractivity contribution in [1.82, 2.24) is 0 Å². The van der Waals surface area contributed by atoms with E-state index in [2.05, 4.69) is 26.0 Å². The first kappa shape index (κ1) is 25.2. The molecule has 0 amide bonds. The smallest absolute Gasteiger partial charge is 0.339 e. The second-order valence-corrected chi connectivity index (χ2v) is 8.44. The molecule has 0 spiro atoms. The van der Waals surface area contributed by atoms with E-state index in [1.807, 2.05) is 36.4 Å². The van der Waals surface area contributed by atoms with Gasteiger partial charge in [0.1, 0.15) is 13.2 Å². The van der Waals surface area contributed by atoms with Gasteiger partial charge < -0.3 is 9.47 Å². The predicted molar refractivity (Wildman–Crippen MR) is 135 cm³/mol. The summed E-state index contributed by atoms with van der Waals surface area (Å²) in [7, 11) is 0. The lowest BCUT2D eigenvalue weighted by Crippen LogP contribution is -2.14. The minimum atomic E-state index is -0.527. The molecule has 0 aliphatic carbocycles. The van der Waals surface area contributed by atoms with Gasteiger partial charge in [-0.1, -0.05) is 87.4 Å². The molecule has 0 aromatic heterocycles. The molecule has 178 valence electrons. The van der Waals surface area contributed by atoms with Crippen molar-refractivity contribution < 1.29 is 19.1 Å². The van der Waals surface area contributed by atoms with Crippen molar-refractivity contribution >= 4 is 11.9 Å². The largest absolute Gasteiger partial charge is 0.457 e. The van der Waals surface area contributed by atoms with E-state index >= 15 is 0 Å². The fourth-order valence-corrected chi connectivity index (χ4v) is 3.90. The number of hydrogen-bond acceptors (Lipinski definition) is 4. The number of benzene rings is 3. The van der Waals surface area contributed by atoms with Gasteiger partial charge in [-0.3, -0.25) is 0 Å². The Balaban J connectivity index is 1.66. The highest BCUT2D eigenvalue weighted by Gasteiger charge is 2.20. The van der Waals surface area contributed by atoms with Gasteiger partial charge in [0.15, 0.2) is 0 Å². The maximum atomic E-state index is 12.9. The number of hydrogen-bond donors (Lipinski definition) is 0. The summed E-state index contributed by atoms with van der Waals surface area (Å²) in [6, 6.07) is 22.7. The first-order chi connectivity index (χ1) is 16.6. The van der Waals surface area contributed by atoms with Crippen LogP contribution in [-0.4, -0.2) is 11.9 Å². The molecule has 0 N–H and O–H groups in total.